The van der Waals surface area contributed by atoms with Gasteiger partial charge in [0.15, 0.2) is 0 Å². The molecule has 0 spiro atoms. The van der Waals surface area contributed by atoms with E-state index in [1.165, 1.54) is 4.90 Å². The number of carbonyl (C=O) groups excluding carboxylic acids is 4. The summed E-state index contributed by atoms with van der Waals surface area (Å²) < 4.78 is 11.2. The highest BCUT2D eigenvalue weighted by molar-refractivity contribution is 6.05. The number of morpholine rings is 1. The van der Waals surface area contributed by atoms with E-state index in [2.05, 4.69) is 5.32 Å². The molecule has 0 radical (unpaired) electrons. The first-order chi connectivity index (χ1) is 16.5. The monoisotopic (exact) mass is 463 g/mol. The van der Waals surface area contributed by atoms with Crippen LogP contribution in [0.1, 0.15) is 39.9 Å². The fourth-order valence-electron chi connectivity index (χ4n) is 4.53. The lowest BCUT2D eigenvalue weighted by atomic mass is 10.0. The van der Waals surface area contributed by atoms with Crippen molar-refractivity contribution in [1.82, 2.24) is 15.1 Å². The summed E-state index contributed by atoms with van der Waals surface area (Å²) in [6.07, 6.45) is 0.540. The van der Waals surface area contributed by atoms with Crippen molar-refractivity contribution in [2.45, 2.75) is 38.6 Å². The Labute approximate surface area is 196 Å². The average Bonchev–Trinajstić information content (AvgIpc) is 3.17. The Hall–Kier alpha value is -3.72. The number of nitrogens with one attached hydrogen (secondary N) is 1. The zero-order chi connectivity index (χ0) is 23.7. The smallest absolute Gasteiger partial charge is 0.255 e. The molecule has 2 aromatic carbocycles. The molecule has 9 nitrogen and oxygen atoms in total. The van der Waals surface area contributed by atoms with Crippen molar-refractivity contribution < 1.29 is 28.7 Å². The molecule has 3 aliphatic heterocycles. The summed E-state index contributed by atoms with van der Waals surface area (Å²) in [6.45, 7) is 2.42. The first kappa shape index (κ1) is 22.1. The SMILES string of the molecule is O=C1CCC(N2Cc3c(OCc4ccc(CN5CCOCC5=O)cc4)cccc3C2=O)C(=O)N1. The van der Waals surface area contributed by atoms with Gasteiger partial charge in [0.25, 0.3) is 5.91 Å². The highest BCUT2D eigenvalue weighted by Crippen LogP contribution is 2.34. The van der Waals surface area contributed by atoms with Crippen LogP contribution in [0.3, 0.4) is 0 Å². The lowest BCUT2D eigenvalue weighted by molar-refractivity contribution is -0.143. The van der Waals surface area contributed by atoms with Crippen LogP contribution < -0.4 is 10.1 Å². The molecule has 0 aromatic heterocycles. The number of imide groups is 1. The van der Waals surface area contributed by atoms with E-state index in [0.29, 0.717) is 44.0 Å². The summed E-state index contributed by atoms with van der Waals surface area (Å²) in [6, 6.07) is 12.5. The molecular formula is C25H25N3O6. The third-order valence-electron chi connectivity index (χ3n) is 6.41. The third-order valence-corrected chi connectivity index (χ3v) is 6.41. The predicted octanol–water partition coefficient (Wildman–Crippen LogP) is 1.39. The van der Waals surface area contributed by atoms with Gasteiger partial charge < -0.3 is 19.3 Å². The first-order valence-electron chi connectivity index (χ1n) is 11.3. The van der Waals surface area contributed by atoms with Gasteiger partial charge in [-0.05, 0) is 29.7 Å². The van der Waals surface area contributed by atoms with Gasteiger partial charge in [-0.3, -0.25) is 24.5 Å². The van der Waals surface area contributed by atoms with Crippen LogP contribution in [0.5, 0.6) is 5.75 Å². The van der Waals surface area contributed by atoms with Crippen LogP contribution in [-0.4, -0.2) is 59.2 Å². The fourth-order valence-corrected chi connectivity index (χ4v) is 4.53. The minimum atomic E-state index is -0.656. The van der Waals surface area contributed by atoms with E-state index in [1.54, 1.807) is 17.0 Å². The lowest BCUT2D eigenvalue weighted by Crippen LogP contribution is -2.52. The van der Waals surface area contributed by atoms with E-state index in [4.69, 9.17) is 9.47 Å². The molecule has 3 aliphatic rings. The Kier molecular flexibility index (Phi) is 6.02. The van der Waals surface area contributed by atoms with Gasteiger partial charge in [0.05, 0.1) is 13.2 Å². The molecule has 176 valence electrons. The Morgan fingerprint density at radius 3 is 2.59 bits per heavy atom. The van der Waals surface area contributed by atoms with Crippen LogP contribution in [0.4, 0.5) is 0 Å². The number of hydrogen-bond donors (Lipinski definition) is 1. The standard InChI is InChI=1S/C25H25N3O6/c29-22-9-8-20(24(31)26-22)28-13-19-18(25(28)32)2-1-3-21(19)34-14-17-6-4-16(5-7-17)12-27-10-11-33-15-23(27)30/h1-7,20H,8-15H2,(H,26,29,31). The molecule has 2 fully saturated rings. The zero-order valence-corrected chi connectivity index (χ0v) is 18.6. The Morgan fingerprint density at radius 1 is 1.03 bits per heavy atom. The van der Waals surface area contributed by atoms with E-state index >= 15 is 0 Å². The molecule has 1 atom stereocenters. The van der Waals surface area contributed by atoms with E-state index in [-0.39, 0.29) is 37.3 Å². The van der Waals surface area contributed by atoms with Crippen LogP contribution in [0, 0.1) is 0 Å². The van der Waals surface area contributed by atoms with Gasteiger partial charge in [0.2, 0.25) is 17.7 Å². The van der Waals surface area contributed by atoms with Gasteiger partial charge in [0.1, 0.15) is 25.0 Å². The molecule has 9 heteroatoms. The molecule has 1 N–H and O–H groups in total. The molecule has 5 rings (SSSR count). The maximum absolute atomic E-state index is 12.9. The lowest BCUT2D eigenvalue weighted by Gasteiger charge is -2.29. The summed E-state index contributed by atoms with van der Waals surface area (Å²) in [5.74, 6) is -0.367. The van der Waals surface area contributed by atoms with Crippen LogP contribution in [0.15, 0.2) is 42.5 Å². The quantitative estimate of drug-likeness (QED) is 0.649. The number of rotatable bonds is 6. The van der Waals surface area contributed by atoms with Gasteiger partial charge in [-0.15, -0.1) is 0 Å². The molecule has 2 saturated heterocycles. The molecule has 3 heterocycles. The summed E-state index contributed by atoms with van der Waals surface area (Å²) in [4.78, 5) is 51.9. The number of hydrogen-bond acceptors (Lipinski definition) is 6. The van der Waals surface area contributed by atoms with Crippen molar-refractivity contribution in [2.75, 3.05) is 19.8 Å². The van der Waals surface area contributed by atoms with Crippen molar-refractivity contribution in [2.24, 2.45) is 0 Å². The minimum Gasteiger partial charge on any atom is -0.489 e. The summed E-state index contributed by atoms with van der Waals surface area (Å²) in [5, 5.41) is 2.32. The summed E-state index contributed by atoms with van der Waals surface area (Å²) in [7, 11) is 0. The van der Waals surface area contributed by atoms with E-state index in [1.807, 2.05) is 30.3 Å². The van der Waals surface area contributed by atoms with E-state index < -0.39 is 11.9 Å². The maximum atomic E-state index is 12.9. The number of piperidine rings is 1. The van der Waals surface area contributed by atoms with E-state index in [0.717, 1.165) is 16.7 Å². The molecule has 2 aromatic rings. The number of fused-ring (bicyclic) bond motifs is 1. The molecule has 1 unspecified atom stereocenters. The van der Waals surface area contributed by atoms with Crippen LogP contribution in [-0.2, 0) is 38.8 Å². The van der Waals surface area contributed by atoms with Crippen molar-refractivity contribution in [1.29, 1.82) is 0 Å². The maximum Gasteiger partial charge on any atom is 0.255 e. The first-order valence-corrected chi connectivity index (χ1v) is 11.3. The third kappa shape index (κ3) is 4.38. The largest absolute Gasteiger partial charge is 0.489 e. The molecule has 4 amide bonds. The number of carbonyl (C=O) groups is 4. The number of amides is 4. The van der Waals surface area contributed by atoms with Crippen LogP contribution in [0.25, 0.3) is 0 Å². The van der Waals surface area contributed by atoms with E-state index in [9.17, 15) is 19.2 Å². The molecule has 34 heavy (non-hydrogen) atoms. The molecule has 0 aliphatic carbocycles. The highest BCUT2D eigenvalue weighted by Gasteiger charge is 2.40. The Morgan fingerprint density at radius 2 is 1.82 bits per heavy atom. The Balaban J connectivity index is 1.23. The number of benzene rings is 2. The normalized spacial score (nSPS) is 20.4. The minimum absolute atomic E-state index is 0.00232. The van der Waals surface area contributed by atoms with Crippen molar-refractivity contribution in [3.8, 4) is 5.75 Å². The molecular weight excluding hydrogens is 438 g/mol. The average molecular weight is 463 g/mol. The second-order valence-electron chi connectivity index (χ2n) is 8.66. The van der Waals surface area contributed by atoms with Gasteiger partial charge >= 0.3 is 0 Å². The predicted molar refractivity (Wildman–Crippen MR) is 119 cm³/mol. The van der Waals surface area contributed by atoms with Gasteiger partial charge in [0, 0.05) is 30.6 Å². The zero-order valence-electron chi connectivity index (χ0n) is 18.6. The van der Waals surface area contributed by atoms with Gasteiger partial charge in [-0.1, -0.05) is 30.3 Å². The second-order valence-corrected chi connectivity index (χ2v) is 8.66. The van der Waals surface area contributed by atoms with Crippen LogP contribution in [0.2, 0.25) is 0 Å². The summed E-state index contributed by atoms with van der Waals surface area (Å²) in [5.41, 5.74) is 3.26. The fraction of sp³-hybridized carbons (Fsp3) is 0.360. The van der Waals surface area contributed by atoms with Crippen molar-refractivity contribution >= 4 is 23.6 Å². The highest BCUT2D eigenvalue weighted by atomic mass is 16.5. The van der Waals surface area contributed by atoms with Crippen LogP contribution >= 0.6 is 0 Å². The van der Waals surface area contributed by atoms with Crippen molar-refractivity contribution in [3.05, 3.63) is 64.7 Å². The number of nitrogens with zero attached hydrogens (tertiary/aromatic N) is 2. The van der Waals surface area contributed by atoms with Crippen molar-refractivity contribution in [3.63, 3.8) is 0 Å². The molecule has 0 bridgehead atoms. The Bertz CT molecular complexity index is 1150. The number of ether oxygens (including phenoxy) is 2. The molecule has 0 saturated carbocycles. The van der Waals surface area contributed by atoms with Gasteiger partial charge in [-0.25, -0.2) is 0 Å². The van der Waals surface area contributed by atoms with Gasteiger partial charge in [-0.2, -0.15) is 0 Å². The summed E-state index contributed by atoms with van der Waals surface area (Å²) >= 11 is 0. The topological polar surface area (TPSA) is 105 Å². The second kappa shape index (κ2) is 9.26.